The zero-order valence-electron chi connectivity index (χ0n) is 17.4. The van der Waals surface area contributed by atoms with Crippen LogP contribution in [0.25, 0.3) is 0 Å². The van der Waals surface area contributed by atoms with Crippen LogP contribution in [0, 0.1) is 0 Å². The van der Waals surface area contributed by atoms with E-state index in [1.807, 2.05) is 25.7 Å². The number of aromatic nitrogens is 2. The fourth-order valence-electron chi connectivity index (χ4n) is 3.17. The summed E-state index contributed by atoms with van der Waals surface area (Å²) in [5.41, 5.74) is -0.861. The lowest BCUT2D eigenvalue weighted by Crippen LogP contribution is -2.54. The van der Waals surface area contributed by atoms with Crippen molar-refractivity contribution in [2.75, 3.05) is 39.3 Å². The number of guanidine groups is 1. The van der Waals surface area contributed by atoms with Crippen molar-refractivity contribution < 1.29 is 18.0 Å². The first-order chi connectivity index (χ1) is 13.6. The van der Waals surface area contributed by atoms with Crippen LogP contribution >= 0.6 is 0 Å². The van der Waals surface area contributed by atoms with Crippen LogP contribution in [0.1, 0.15) is 32.0 Å². The molecular formula is C18H30F3N7O. The van der Waals surface area contributed by atoms with Crippen molar-refractivity contribution in [3.8, 4) is 0 Å². The fraction of sp³-hybridized carbons (Fsp3) is 0.722. The predicted octanol–water partition coefficient (Wildman–Crippen LogP) is 1.05. The van der Waals surface area contributed by atoms with E-state index < -0.39 is 11.9 Å². The first kappa shape index (κ1) is 23.0. The smallest absolute Gasteiger partial charge is 0.357 e. The number of carbonyl (C=O) groups is 1. The second kappa shape index (κ2) is 9.95. The van der Waals surface area contributed by atoms with Crippen LogP contribution in [0.2, 0.25) is 0 Å². The van der Waals surface area contributed by atoms with Gasteiger partial charge < -0.3 is 15.5 Å². The first-order valence-corrected chi connectivity index (χ1v) is 9.74. The number of nitrogens with one attached hydrogen (secondary N) is 2. The molecule has 29 heavy (non-hydrogen) atoms. The molecule has 1 aromatic rings. The minimum atomic E-state index is -4.51. The van der Waals surface area contributed by atoms with Crippen molar-refractivity contribution in [3.05, 3.63) is 17.5 Å². The third-order valence-corrected chi connectivity index (χ3v) is 4.40. The number of hydrogen-bond acceptors (Lipinski definition) is 4. The van der Waals surface area contributed by atoms with Gasteiger partial charge in [-0.3, -0.25) is 14.4 Å². The molecule has 1 fully saturated rings. The average Bonchev–Trinajstić information content (AvgIpc) is 3.00. The lowest BCUT2D eigenvalue weighted by atomic mass is 10.2. The number of hydrogen-bond donors (Lipinski definition) is 2. The molecule has 0 aromatic carbocycles. The number of amides is 1. The molecule has 0 saturated carbocycles. The highest BCUT2D eigenvalue weighted by Gasteiger charge is 2.36. The second-order valence-corrected chi connectivity index (χ2v) is 7.33. The molecule has 2 rings (SSSR count). The van der Waals surface area contributed by atoms with E-state index >= 15 is 0 Å². The second-order valence-electron chi connectivity index (χ2n) is 7.33. The molecule has 1 saturated heterocycles. The van der Waals surface area contributed by atoms with Crippen LogP contribution in [0.15, 0.2) is 11.2 Å². The number of aliphatic imine (C=N–C) groups is 1. The van der Waals surface area contributed by atoms with Gasteiger partial charge in [-0.15, -0.1) is 0 Å². The van der Waals surface area contributed by atoms with Crippen molar-refractivity contribution in [3.63, 3.8) is 0 Å². The highest BCUT2D eigenvalue weighted by Crippen LogP contribution is 2.30. The molecule has 2 N–H and O–H groups in total. The molecular weight excluding hydrogens is 387 g/mol. The molecule has 1 amide bonds. The molecule has 11 heteroatoms. The number of nitrogens with zero attached hydrogens (tertiary/aromatic N) is 5. The third kappa shape index (κ3) is 6.91. The molecule has 1 aliphatic rings. The van der Waals surface area contributed by atoms with Gasteiger partial charge in [-0.2, -0.15) is 18.3 Å². The molecule has 0 aliphatic carbocycles. The Morgan fingerprint density at radius 3 is 2.48 bits per heavy atom. The van der Waals surface area contributed by atoms with Crippen molar-refractivity contribution in [2.24, 2.45) is 12.0 Å². The summed E-state index contributed by atoms with van der Waals surface area (Å²) in [6.07, 6.45) is -3.16. The number of piperazine rings is 1. The van der Waals surface area contributed by atoms with Gasteiger partial charge in [-0.1, -0.05) is 0 Å². The standard InChI is InChI=1S/C18H30F3N7O/c1-5-22-17(23-10-14-11-26(4)25-16(14)18(19,20)21)28-8-6-27(7-9-28)12-15(29)24-13(2)3/h11,13H,5-10,12H2,1-4H3,(H,22,23)(H,24,29). The van der Waals surface area contributed by atoms with Crippen molar-refractivity contribution >= 4 is 11.9 Å². The average molecular weight is 417 g/mol. The Morgan fingerprint density at radius 1 is 1.28 bits per heavy atom. The van der Waals surface area contributed by atoms with Crippen LogP contribution in [0.3, 0.4) is 0 Å². The van der Waals surface area contributed by atoms with Gasteiger partial charge in [-0.25, -0.2) is 4.99 Å². The lowest BCUT2D eigenvalue weighted by molar-refractivity contribution is -0.142. The van der Waals surface area contributed by atoms with E-state index in [1.54, 1.807) is 0 Å². The van der Waals surface area contributed by atoms with E-state index in [0.717, 1.165) is 4.68 Å². The Morgan fingerprint density at radius 2 is 1.93 bits per heavy atom. The normalized spacial score (nSPS) is 16.4. The minimum absolute atomic E-state index is 0.00900. The number of alkyl halides is 3. The topological polar surface area (TPSA) is 77.8 Å². The van der Waals surface area contributed by atoms with Gasteiger partial charge in [-0.05, 0) is 20.8 Å². The molecule has 8 nitrogen and oxygen atoms in total. The summed E-state index contributed by atoms with van der Waals surface area (Å²) in [7, 11) is 1.46. The van der Waals surface area contributed by atoms with Crippen LogP contribution < -0.4 is 10.6 Å². The molecule has 0 unspecified atom stereocenters. The van der Waals surface area contributed by atoms with Gasteiger partial charge in [0.25, 0.3) is 0 Å². The number of carbonyl (C=O) groups excluding carboxylic acids is 1. The van der Waals surface area contributed by atoms with E-state index in [9.17, 15) is 18.0 Å². The van der Waals surface area contributed by atoms with E-state index in [4.69, 9.17) is 0 Å². The quantitative estimate of drug-likeness (QED) is 0.534. The molecule has 1 aromatic heterocycles. The van der Waals surface area contributed by atoms with Crippen molar-refractivity contribution in [2.45, 2.75) is 39.5 Å². The minimum Gasteiger partial charge on any atom is -0.357 e. The lowest BCUT2D eigenvalue weighted by Gasteiger charge is -2.36. The van der Waals surface area contributed by atoms with Crippen LogP contribution in [-0.2, 0) is 24.6 Å². The van der Waals surface area contributed by atoms with Crippen LogP contribution in [0.5, 0.6) is 0 Å². The summed E-state index contributed by atoms with van der Waals surface area (Å²) in [5, 5.41) is 9.53. The van der Waals surface area contributed by atoms with E-state index in [1.165, 1.54) is 13.2 Å². The van der Waals surface area contributed by atoms with Crippen molar-refractivity contribution in [1.29, 1.82) is 0 Å². The Kier molecular flexibility index (Phi) is 7.88. The van der Waals surface area contributed by atoms with Crippen LogP contribution in [-0.4, -0.2) is 76.8 Å². The van der Waals surface area contributed by atoms with Gasteiger partial charge in [0.05, 0.1) is 13.1 Å². The zero-order chi connectivity index (χ0) is 21.6. The number of halogens is 3. The maximum atomic E-state index is 13.1. The monoisotopic (exact) mass is 417 g/mol. The first-order valence-electron chi connectivity index (χ1n) is 9.74. The largest absolute Gasteiger partial charge is 0.435 e. The SMILES string of the molecule is CCNC(=NCc1cn(C)nc1C(F)(F)F)N1CCN(CC(=O)NC(C)C)CC1. The van der Waals surface area contributed by atoms with Crippen LogP contribution in [0.4, 0.5) is 13.2 Å². The Labute approximate surface area is 169 Å². The van der Waals surface area contributed by atoms with E-state index in [2.05, 4.69) is 25.6 Å². The molecule has 164 valence electrons. The molecule has 0 radical (unpaired) electrons. The predicted molar refractivity (Wildman–Crippen MR) is 104 cm³/mol. The highest BCUT2D eigenvalue weighted by atomic mass is 19.4. The van der Waals surface area contributed by atoms with Gasteiger partial charge in [0.1, 0.15) is 0 Å². The fourth-order valence-corrected chi connectivity index (χ4v) is 3.17. The zero-order valence-corrected chi connectivity index (χ0v) is 17.4. The van der Waals surface area contributed by atoms with Gasteiger partial charge in [0.2, 0.25) is 5.91 Å². The number of rotatable bonds is 6. The summed E-state index contributed by atoms with van der Waals surface area (Å²) < 4.78 is 40.5. The summed E-state index contributed by atoms with van der Waals surface area (Å²) in [5.74, 6) is 0.557. The summed E-state index contributed by atoms with van der Waals surface area (Å²) in [6.45, 7) is 9.21. The van der Waals surface area contributed by atoms with Gasteiger partial charge in [0, 0.05) is 57.6 Å². The highest BCUT2D eigenvalue weighted by molar-refractivity contribution is 5.80. The van der Waals surface area contributed by atoms with Gasteiger partial charge in [0.15, 0.2) is 11.7 Å². The maximum Gasteiger partial charge on any atom is 0.435 e. The molecule has 0 bridgehead atoms. The molecule has 2 heterocycles. The summed E-state index contributed by atoms with van der Waals surface area (Å²) in [6, 6.07) is 0.102. The Balaban J connectivity index is 2.00. The van der Waals surface area contributed by atoms with Gasteiger partial charge >= 0.3 is 6.18 Å². The molecule has 0 atom stereocenters. The van der Waals surface area contributed by atoms with Crippen molar-refractivity contribution in [1.82, 2.24) is 30.2 Å². The molecule has 0 spiro atoms. The molecule has 1 aliphatic heterocycles. The third-order valence-electron chi connectivity index (χ3n) is 4.40. The summed E-state index contributed by atoms with van der Waals surface area (Å²) in [4.78, 5) is 20.4. The van der Waals surface area contributed by atoms with E-state index in [-0.39, 0.29) is 24.1 Å². The number of aryl methyl sites for hydroxylation is 1. The Hall–Kier alpha value is -2.30. The van der Waals surface area contributed by atoms with E-state index in [0.29, 0.717) is 45.2 Å². The summed E-state index contributed by atoms with van der Waals surface area (Å²) >= 11 is 0. The Bertz CT molecular complexity index is 707. The maximum absolute atomic E-state index is 13.1.